The molecule has 1 aromatic carbocycles. The highest BCUT2D eigenvalue weighted by Crippen LogP contribution is 2.29. The van der Waals surface area contributed by atoms with E-state index in [9.17, 15) is 4.79 Å². The number of halogens is 1. The number of nitrogens with two attached hydrogens (primary N) is 1. The number of amides is 1. The molecule has 2 rings (SSSR count). The second kappa shape index (κ2) is 6.26. The summed E-state index contributed by atoms with van der Waals surface area (Å²) < 4.78 is 0. The first-order chi connectivity index (χ1) is 9.13. The molecule has 5 heteroatoms. The largest absolute Gasteiger partial charge is 0.364 e. The summed E-state index contributed by atoms with van der Waals surface area (Å²) in [5.74, 6) is 0.155. The van der Waals surface area contributed by atoms with E-state index in [1.54, 1.807) is 0 Å². The molecule has 0 radical (unpaired) electrons. The molecule has 0 spiro atoms. The number of carbonyl (C=O) groups excluding carboxylic acids is 1. The Morgan fingerprint density at radius 1 is 1.42 bits per heavy atom. The molecular weight excluding hydrogens is 262 g/mol. The number of anilines is 1. The van der Waals surface area contributed by atoms with Crippen LogP contribution in [0.25, 0.3) is 0 Å². The van der Waals surface area contributed by atoms with Crippen molar-refractivity contribution in [3.05, 3.63) is 28.8 Å². The van der Waals surface area contributed by atoms with Crippen LogP contribution in [-0.4, -0.2) is 37.5 Å². The number of benzene rings is 1. The number of hydrogen-bond donors (Lipinski definition) is 1. The predicted octanol–water partition coefficient (Wildman–Crippen LogP) is 1.86. The van der Waals surface area contributed by atoms with Gasteiger partial charge in [0, 0.05) is 26.7 Å². The number of likely N-dealkylation sites (tertiary alicyclic amines) is 1. The Morgan fingerprint density at radius 2 is 2.11 bits per heavy atom. The van der Waals surface area contributed by atoms with Crippen LogP contribution in [-0.2, 0) is 11.3 Å². The van der Waals surface area contributed by atoms with Gasteiger partial charge in [-0.25, -0.2) is 0 Å². The van der Waals surface area contributed by atoms with Crippen molar-refractivity contribution in [3.8, 4) is 0 Å². The zero-order valence-electron chi connectivity index (χ0n) is 11.2. The number of hydrogen-bond acceptors (Lipinski definition) is 3. The van der Waals surface area contributed by atoms with Gasteiger partial charge in [0.1, 0.15) is 0 Å². The first kappa shape index (κ1) is 14.2. The van der Waals surface area contributed by atoms with E-state index in [1.807, 2.05) is 35.0 Å². The second-order valence-corrected chi connectivity index (χ2v) is 5.30. The van der Waals surface area contributed by atoms with Gasteiger partial charge in [-0.3, -0.25) is 4.79 Å². The third kappa shape index (κ3) is 3.19. The fraction of sp³-hybridized carbons (Fsp3) is 0.500. The number of carbonyl (C=O) groups is 1. The topological polar surface area (TPSA) is 49.6 Å². The molecule has 0 saturated carbocycles. The maximum atomic E-state index is 12.1. The van der Waals surface area contributed by atoms with Crippen LogP contribution in [0.5, 0.6) is 0 Å². The van der Waals surface area contributed by atoms with Crippen LogP contribution in [0.3, 0.4) is 0 Å². The van der Waals surface area contributed by atoms with E-state index in [2.05, 4.69) is 0 Å². The summed E-state index contributed by atoms with van der Waals surface area (Å²) >= 11 is 6.22. The highest BCUT2D eigenvalue weighted by Gasteiger charge is 2.20. The molecule has 4 nitrogen and oxygen atoms in total. The summed E-state index contributed by atoms with van der Waals surface area (Å²) in [6, 6.07) is 5.65. The molecule has 1 aliphatic rings. The molecule has 0 bridgehead atoms. The Kier molecular flexibility index (Phi) is 4.66. The molecule has 0 unspecified atom stereocenters. The van der Waals surface area contributed by atoms with Gasteiger partial charge >= 0.3 is 0 Å². The molecule has 1 fully saturated rings. The van der Waals surface area contributed by atoms with Crippen molar-refractivity contribution in [2.75, 3.05) is 31.6 Å². The molecule has 1 amide bonds. The van der Waals surface area contributed by atoms with E-state index >= 15 is 0 Å². The smallest absolute Gasteiger partial charge is 0.242 e. The lowest BCUT2D eigenvalue weighted by molar-refractivity contribution is -0.128. The van der Waals surface area contributed by atoms with Crippen molar-refractivity contribution < 1.29 is 4.79 Å². The van der Waals surface area contributed by atoms with Gasteiger partial charge in [-0.15, -0.1) is 0 Å². The molecule has 1 heterocycles. The van der Waals surface area contributed by atoms with Gasteiger partial charge < -0.3 is 15.5 Å². The maximum absolute atomic E-state index is 12.1. The van der Waals surface area contributed by atoms with Crippen molar-refractivity contribution in [1.82, 2.24) is 4.90 Å². The Labute approximate surface area is 119 Å². The van der Waals surface area contributed by atoms with Crippen molar-refractivity contribution >= 4 is 23.2 Å². The lowest BCUT2D eigenvalue weighted by atomic mass is 10.1. The zero-order chi connectivity index (χ0) is 13.8. The zero-order valence-corrected chi connectivity index (χ0v) is 12.0. The first-order valence-corrected chi connectivity index (χ1v) is 6.97. The van der Waals surface area contributed by atoms with Gasteiger partial charge in [0.2, 0.25) is 5.91 Å². The van der Waals surface area contributed by atoms with E-state index in [4.69, 9.17) is 17.3 Å². The number of rotatable bonds is 4. The van der Waals surface area contributed by atoms with Gasteiger partial charge in [0.25, 0.3) is 0 Å². The molecule has 0 atom stereocenters. The summed E-state index contributed by atoms with van der Waals surface area (Å²) in [5.41, 5.74) is 7.55. The molecular formula is C14H20ClN3O. The molecule has 1 saturated heterocycles. The average molecular weight is 282 g/mol. The van der Waals surface area contributed by atoms with Crippen molar-refractivity contribution in [2.24, 2.45) is 5.73 Å². The second-order valence-electron chi connectivity index (χ2n) is 4.90. The van der Waals surface area contributed by atoms with Crippen LogP contribution in [0.1, 0.15) is 18.4 Å². The summed E-state index contributed by atoms with van der Waals surface area (Å²) in [7, 11) is 1.88. The van der Waals surface area contributed by atoms with Crippen LogP contribution in [0.15, 0.2) is 18.2 Å². The van der Waals surface area contributed by atoms with E-state index in [-0.39, 0.29) is 5.91 Å². The third-order valence-electron chi connectivity index (χ3n) is 3.50. The van der Waals surface area contributed by atoms with Gasteiger partial charge in [-0.05, 0) is 24.5 Å². The predicted molar refractivity (Wildman–Crippen MR) is 78.4 cm³/mol. The van der Waals surface area contributed by atoms with Crippen LogP contribution in [0.4, 0.5) is 5.69 Å². The molecule has 1 aromatic rings. The molecule has 104 valence electrons. The summed E-state index contributed by atoms with van der Waals surface area (Å²) in [5, 5.41) is 0.639. The summed E-state index contributed by atoms with van der Waals surface area (Å²) in [6.45, 7) is 2.51. The SMILES string of the molecule is CN(CC(=O)N1CCCC1)c1c(Cl)cccc1CN. The van der Waals surface area contributed by atoms with Crippen molar-refractivity contribution in [3.63, 3.8) is 0 Å². The highest BCUT2D eigenvalue weighted by atomic mass is 35.5. The lowest BCUT2D eigenvalue weighted by Gasteiger charge is -2.25. The van der Waals surface area contributed by atoms with Crippen molar-refractivity contribution in [2.45, 2.75) is 19.4 Å². The van der Waals surface area contributed by atoms with Crippen molar-refractivity contribution in [1.29, 1.82) is 0 Å². The minimum Gasteiger partial charge on any atom is -0.364 e. The molecule has 2 N–H and O–H groups in total. The van der Waals surface area contributed by atoms with Gasteiger partial charge in [-0.2, -0.15) is 0 Å². The minimum atomic E-state index is 0.155. The van der Waals surface area contributed by atoms with Gasteiger partial charge in [0.05, 0.1) is 17.3 Å². The van der Waals surface area contributed by atoms with E-state index in [1.165, 1.54) is 0 Å². The molecule has 0 aliphatic carbocycles. The third-order valence-corrected chi connectivity index (χ3v) is 3.81. The number of likely N-dealkylation sites (N-methyl/N-ethyl adjacent to an activating group) is 1. The fourth-order valence-corrected chi connectivity index (χ4v) is 2.84. The Morgan fingerprint density at radius 3 is 2.74 bits per heavy atom. The van der Waals surface area contributed by atoms with E-state index in [0.29, 0.717) is 18.1 Å². The molecule has 0 aromatic heterocycles. The highest BCUT2D eigenvalue weighted by molar-refractivity contribution is 6.33. The van der Waals surface area contributed by atoms with Crippen LogP contribution in [0, 0.1) is 0 Å². The maximum Gasteiger partial charge on any atom is 0.242 e. The monoisotopic (exact) mass is 281 g/mol. The Hall–Kier alpha value is -1.26. The quantitative estimate of drug-likeness (QED) is 0.916. The van der Waals surface area contributed by atoms with Crippen LogP contribution >= 0.6 is 11.6 Å². The van der Waals surface area contributed by atoms with Crippen LogP contribution in [0.2, 0.25) is 5.02 Å². The summed E-state index contributed by atoms with van der Waals surface area (Å²) in [6.07, 6.45) is 2.21. The minimum absolute atomic E-state index is 0.155. The Bertz CT molecular complexity index is 458. The van der Waals surface area contributed by atoms with E-state index in [0.717, 1.165) is 37.2 Å². The number of para-hydroxylation sites is 1. The standard InChI is InChI=1S/C14H20ClN3O/c1-17(10-13(19)18-7-2-3-8-18)14-11(9-16)5-4-6-12(14)15/h4-6H,2-3,7-10,16H2,1H3. The normalized spacial score (nSPS) is 14.8. The van der Waals surface area contributed by atoms with Crippen LogP contribution < -0.4 is 10.6 Å². The van der Waals surface area contributed by atoms with Gasteiger partial charge in [-0.1, -0.05) is 23.7 Å². The first-order valence-electron chi connectivity index (χ1n) is 6.60. The fourth-order valence-electron chi connectivity index (χ4n) is 2.50. The Balaban J connectivity index is 2.11. The molecule has 19 heavy (non-hydrogen) atoms. The number of nitrogens with zero attached hydrogens (tertiary/aromatic N) is 2. The molecule has 1 aliphatic heterocycles. The summed E-state index contributed by atoms with van der Waals surface area (Å²) in [4.78, 5) is 16.0. The van der Waals surface area contributed by atoms with E-state index < -0.39 is 0 Å². The lowest BCUT2D eigenvalue weighted by Crippen LogP contribution is -2.37. The average Bonchev–Trinajstić information content (AvgIpc) is 2.92. The van der Waals surface area contributed by atoms with Gasteiger partial charge in [0.15, 0.2) is 0 Å².